The van der Waals surface area contributed by atoms with Gasteiger partial charge in [-0.25, -0.2) is 9.89 Å². The third-order valence-electron chi connectivity index (χ3n) is 4.55. The van der Waals surface area contributed by atoms with Crippen LogP contribution in [0, 0.1) is 4.77 Å². The molecule has 0 fully saturated rings. The Kier molecular flexibility index (Phi) is 5.33. The summed E-state index contributed by atoms with van der Waals surface area (Å²) >= 11 is 5.22. The van der Waals surface area contributed by atoms with Crippen LogP contribution in [0.1, 0.15) is 15.9 Å². The minimum absolute atomic E-state index is 0.0280. The molecule has 31 heavy (non-hydrogen) atoms. The average Bonchev–Trinajstić information content (AvgIpc) is 3.14. The first-order chi connectivity index (χ1) is 14.9. The van der Waals surface area contributed by atoms with Crippen LogP contribution in [0.5, 0.6) is 11.5 Å². The Morgan fingerprint density at radius 1 is 1.03 bits per heavy atom. The minimum Gasteiger partial charge on any atom is -0.508 e. The van der Waals surface area contributed by atoms with Crippen molar-refractivity contribution in [2.45, 2.75) is 0 Å². The Hall–Kier alpha value is -4.24. The van der Waals surface area contributed by atoms with Gasteiger partial charge in [-0.3, -0.25) is 0 Å². The van der Waals surface area contributed by atoms with E-state index in [4.69, 9.17) is 17.3 Å². The predicted molar refractivity (Wildman–Crippen MR) is 118 cm³/mol. The highest BCUT2D eigenvalue weighted by molar-refractivity contribution is 7.71. The van der Waals surface area contributed by atoms with E-state index in [2.05, 4.69) is 15.3 Å². The Bertz CT molecular complexity index is 1360. The van der Waals surface area contributed by atoms with Crippen LogP contribution >= 0.6 is 12.2 Å². The quantitative estimate of drug-likeness (QED) is 0.212. The van der Waals surface area contributed by atoms with Crippen molar-refractivity contribution in [2.24, 2.45) is 5.10 Å². The molecule has 0 spiro atoms. The molecule has 0 saturated carbocycles. The predicted octanol–water partition coefficient (Wildman–Crippen LogP) is 4.27. The Balaban J connectivity index is 1.63. The molecule has 0 amide bonds. The highest BCUT2D eigenvalue weighted by Gasteiger charge is 2.13. The van der Waals surface area contributed by atoms with Gasteiger partial charge in [0.2, 0.25) is 4.77 Å². The number of benzene rings is 3. The molecule has 3 aromatic carbocycles. The first kappa shape index (κ1) is 20.0. The van der Waals surface area contributed by atoms with Crippen LogP contribution in [-0.2, 0) is 0 Å². The number of carbonyl (C=O) groups is 1. The number of nitrogens with zero attached hydrogens (tertiary/aromatic N) is 3. The summed E-state index contributed by atoms with van der Waals surface area (Å²) in [5, 5.41) is 40.0. The van der Waals surface area contributed by atoms with Crippen molar-refractivity contribution in [3.8, 4) is 34.0 Å². The number of aromatic carboxylic acids is 1. The van der Waals surface area contributed by atoms with E-state index in [0.717, 1.165) is 16.7 Å². The molecule has 4 N–H and O–H groups in total. The number of rotatable bonds is 5. The van der Waals surface area contributed by atoms with Gasteiger partial charge < -0.3 is 15.3 Å². The molecular formula is C22H16N4O4S. The fourth-order valence-electron chi connectivity index (χ4n) is 2.99. The normalized spacial score (nSPS) is 11.1. The van der Waals surface area contributed by atoms with Crippen molar-refractivity contribution in [2.75, 3.05) is 0 Å². The standard InChI is InChI=1S/C22H16N4O4S/c27-17-8-9-19(28)18(11-17)20-24-25-22(31)26(20)23-12-13-4-6-14(7-5-13)15-2-1-3-16(10-15)21(29)30/h1-12,27-28H,(H,25,31)(H,29,30)/b23-12+. The fourth-order valence-corrected chi connectivity index (χ4v) is 3.17. The van der Waals surface area contributed by atoms with Gasteiger partial charge in [-0.15, -0.1) is 0 Å². The summed E-state index contributed by atoms with van der Waals surface area (Å²) in [4.78, 5) is 11.2. The molecule has 4 rings (SSSR count). The minimum atomic E-state index is -0.976. The van der Waals surface area contributed by atoms with Crippen LogP contribution in [0.4, 0.5) is 0 Å². The molecule has 1 aromatic heterocycles. The van der Waals surface area contributed by atoms with Gasteiger partial charge in [0, 0.05) is 0 Å². The molecule has 9 heteroatoms. The fraction of sp³-hybridized carbons (Fsp3) is 0. The van der Waals surface area contributed by atoms with Crippen LogP contribution in [0.15, 0.2) is 71.8 Å². The van der Waals surface area contributed by atoms with Crippen LogP contribution in [0.2, 0.25) is 0 Å². The lowest BCUT2D eigenvalue weighted by molar-refractivity contribution is 0.0697. The first-order valence-electron chi connectivity index (χ1n) is 9.10. The van der Waals surface area contributed by atoms with Gasteiger partial charge in [0.05, 0.1) is 17.3 Å². The zero-order chi connectivity index (χ0) is 22.0. The number of nitrogens with one attached hydrogen (secondary N) is 1. The topological polar surface area (TPSA) is 124 Å². The van der Waals surface area contributed by atoms with Crippen molar-refractivity contribution in [1.29, 1.82) is 0 Å². The van der Waals surface area contributed by atoms with Crippen molar-refractivity contribution in [1.82, 2.24) is 14.9 Å². The molecule has 1 heterocycles. The van der Waals surface area contributed by atoms with Gasteiger partial charge in [0.1, 0.15) is 11.5 Å². The molecule has 0 aliphatic rings. The van der Waals surface area contributed by atoms with Crippen LogP contribution in [0.25, 0.3) is 22.5 Å². The molecule has 0 radical (unpaired) electrons. The van der Waals surface area contributed by atoms with Gasteiger partial charge in [-0.05, 0) is 59.2 Å². The zero-order valence-corrected chi connectivity index (χ0v) is 16.7. The second-order valence-electron chi connectivity index (χ2n) is 6.62. The number of carboxylic acids is 1. The van der Waals surface area contributed by atoms with E-state index in [-0.39, 0.29) is 33.2 Å². The molecule has 0 atom stereocenters. The summed E-state index contributed by atoms with van der Waals surface area (Å²) in [6, 6.07) is 18.2. The van der Waals surface area contributed by atoms with E-state index in [1.165, 1.54) is 22.9 Å². The van der Waals surface area contributed by atoms with Crippen LogP contribution < -0.4 is 0 Å². The van der Waals surface area contributed by atoms with E-state index >= 15 is 0 Å². The van der Waals surface area contributed by atoms with E-state index in [9.17, 15) is 15.0 Å². The Labute approximate surface area is 181 Å². The Morgan fingerprint density at radius 3 is 2.55 bits per heavy atom. The van der Waals surface area contributed by atoms with E-state index in [1.807, 2.05) is 30.3 Å². The summed E-state index contributed by atoms with van der Waals surface area (Å²) < 4.78 is 1.56. The number of phenols is 2. The third kappa shape index (κ3) is 4.21. The van der Waals surface area contributed by atoms with Crippen molar-refractivity contribution >= 4 is 24.4 Å². The molecule has 0 saturated heterocycles. The highest BCUT2D eigenvalue weighted by atomic mass is 32.1. The van der Waals surface area contributed by atoms with Crippen molar-refractivity contribution < 1.29 is 20.1 Å². The molecule has 0 aliphatic heterocycles. The molecule has 0 bridgehead atoms. The van der Waals surface area contributed by atoms with E-state index < -0.39 is 5.97 Å². The lowest BCUT2D eigenvalue weighted by Gasteiger charge is -2.05. The van der Waals surface area contributed by atoms with E-state index in [0.29, 0.717) is 0 Å². The number of aromatic hydroxyl groups is 2. The maximum atomic E-state index is 11.2. The highest BCUT2D eigenvalue weighted by Crippen LogP contribution is 2.31. The number of aromatic nitrogens is 3. The molecule has 4 aromatic rings. The molecular weight excluding hydrogens is 416 g/mol. The van der Waals surface area contributed by atoms with Crippen molar-refractivity contribution in [3.05, 3.63) is 82.6 Å². The monoisotopic (exact) mass is 432 g/mol. The second kappa shape index (κ2) is 8.25. The first-order valence-corrected chi connectivity index (χ1v) is 9.51. The van der Waals surface area contributed by atoms with Crippen molar-refractivity contribution in [3.63, 3.8) is 0 Å². The maximum Gasteiger partial charge on any atom is 0.335 e. The Morgan fingerprint density at radius 2 is 1.81 bits per heavy atom. The average molecular weight is 432 g/mol. The number of hydrogen-bond donors (Lipinski definition) is 4. The zero-order valence-electron chi connectivity index (χ0n) is 15.9. The number of H-pyrrole nitrogens is 1. The summed E-state index contributed by atoms with van der Waals surface area (Å²) in [5.41, 5.74) is 2.93. The smallest absolute Gasteiger partial charge is 0.335 e. The summed E-state index contributed by atoms with van der Waals surface area (Å²) in [5.74, 6) is -0.830. The largest absolute Gasteiger partial charge is 0.508 e. The van der Waals surface area contributed by atoms with Gasteiger partial charge in [-0.2, -0.15) is 14.9 Å². The molecule has 154 valence electrons. The van der Waals surface area contributed by atoms with Gasteiger partial charge in [0.25, 0.3) is 0 Å². The second-order valence-corrected chi connectivity index (χ2v) is 7.00. The van der Waals surface area contributed by atoms with Gasteiger partial charge in [0.15, 0.2) is 5.82 Å². The third-order valence-corrected chi connectivity index (χ3v) is 4.81. The summed E-state index contributed by atoms with van der Waals surface area (Å²) in [6.45, 7) is 0. The summed E-state index contributed by atoms with van der Waals surface area (Å²) in [6.07, 6.45) is 1.58. The molecule has 8 nitrogen and oxygen atoms in total. The summed E-state index contributed by atoms with van der Waals surface area (Å²) in [7, 11) is 0. The van der Waals surface area contributed by atoms with Crippen LogP contribution in [0.3, 0.4) is 0 Å². The van der Waals surface area contributed by atoms with Crippen LogP contribution in [-0.4, -0.2) is 42.4 Å². The van der Waals surface area contributed by atoms with Gasteiger partial charge in [-0.1, -0.05) is 36.4 Å². The molecule has 0 aliphatic carbocycles. The maximum absolute atomic E-state index is 11.2. The number of aromatic amines is 1. The lowest BCUT2D eigenvalue weighted by Crippen LogP contribution is -1.96. The lowest BCUT2D eigenvalue weighted by atomic mass is 10.0. The van der Waals surface area contributed by atoms with Gasteiger partial charge >= 0.3 is 5.97 Å². The number of hydrogen-bond acceptors (Lipinski definition) is 6. The number of carboxylic acid groups (broad SMARTS) is 1. The number of phenolic OH excluding ortho intramolecular Hbond substituents is 2. The molecule has 0 unspecified atom stereocenters. The van der Waals surface area contributed by atoms with E-state index in [1.54, 1.807) is 24.4 Å². The SMILES string of the molecule is O=C(O)c1cccc(-c2ccc(/C=N/n3c(-c4cc(O)ccc4O)n[nH]c3=S)cc2)c1.